The Morgan fingerprint density at radius 1 is 1.00 bits per heavy atom. The number of hydrogen-bond donors (Lipinski definition) is 0. The fraction of sp³-hybridized carbons (Fsp3) is 0.375. The average molecular weight is 351 g/mol. The summed E-state index contributed by atoms with van der Waals surface area (Å²) in [5.74, 6) is -0.378. The van der Waals surface area contributed by atoms with Crippen molar-refractivity contribution in [1.82, 2.24) is 0 Å². The van der Waals surface area contributed by atoms with Crippen molar-refractivity contribution in [2.75, 3.05) is 35.0 Å². The van der Waals surface area contributed by atoms with E-state index in [1.807, 2.05) is 0 Å². The number of oxime groups is 3. The fourth-order valence-electron chi connectivity index (χ4n) is 1.74. The second-order valence-electron chi connectivity index (χ2n) is 4.53. The number of para-hydroxylation sites is 1. The molecule has 0 saturated heterocycles. The maximum atomic E-state index is 11.9. The molecule has 1 aromatic carbocycles. The maximum Gasteiger partial charge on any atom is 0.360 e. The molecule has 0 heterocycles. The number of ether oxygens (including phenoxy) is 2. The molecule has 0 aliphatic rings. The first-order chi connectivity index (χ1) is 12.1. The van der Waals surface area contributed by atoms with Crippen LogP contribution in [0.25, 0.3) is 0 Å². The standard InChI is InChI=1S/C16H21N3O6/c1-11(13(10-21-2)18-23-4)17-25-14-9-7-6-8-12(14)15(19-24-5)16(20)22-3/h6-9H,10H2,1-5H3/b17-11+,18-13+,19-15+. The molecule has 0 unspecified atom stereocenters. The number of hydrogen-bond acceptors (Lipinski definition) is 9. The van der Waals surface area contributed by atoms with Gasteiger partial charge in [0, 0.05) is 7.11 Å². The third-order valence-electron chi connectivity index (χ3n) is 2.88. The topological polar surface area (TPSA) is 100 Å². The van der Waals surface area contributed by atoms with Gasteiger partial charge in [-0.2, -0.15) is 0 Å². The van der Waals surface area contributed by atoms with Crippen LogP contribution in [0, 0.1) is 0 Å². The highest BCUT2D eigenvalue weighted by Gasteiger charge is 2.20. The summed E-state index contributed by atoms with van der Waals surface area (Å²) in [5.41, 5.74) is 1.23. The zero-order chi connectivity index (χ0) is 18.7. The van der Waals surface area contributed by atoms with Gasteiger partial charge >= 0.3 is 5.97 Å². The minimum absolute atomic E-state index is 0.0453. The number of methoxy groups -OCH3 is 2. The molecule has 136 valence electrons. The molecule has 0 bridgehead atoms. The van der Waals surface area contributed by atoms with Crippen LogP contribution in [-0.2, 0) is 23.9 Å². The zero-order valence-electron chi connectivity index (χ0n) is 14.8. The molecule has 9 nitrogen and oxygen atoms in total. The van der Waals surface area contributed by atoms with Gasteiger partial charge < -0.3 is 24.0 Å². The Balaban J connectivity index is 3.15. The zero-order valence-corrected chi connectivity index (χ0v) is 14.8. The molecule has 0 N–H and O–H groups in total. The number of esters is 1. The fourth-order valence-corrected chi connectivity index (χ4v) is 1.74. The molecule has 25 heavy (non-hydrogen) atoms. The van der Waals surface area contributed by atoms with Crippen molar-refractivity contribution < 1.29 is 28.8 Å². The highest BCUT2D eigenvalue weighted by atomic mass is 16.6. The molecule has 0 spiro atoms. The Kier molecular flexibility index (Phi) is 8.66. The van der Waals surface area contributed by atoms with Crippen LogP contribution >= 0.6 is 0 Å². The van der Waals surface area contributed by atoms with Gasteiger partial charge in [-0.05, 0) is 19.1 Å². The first-order valence-electron chi connectivity index (χ1n) is 7.18. The van der Waals surface area contributed by atoms with Crippen LogP contribution < -0.4 is 4.84 Å². The minimum atomic E-state index is -0.667. The number of benzene rings is 1. The summed E-state index contributed by atoms with van der Waals surface area (Å²) >= 11 is 0. The van der Waals surface area contributed by atoms with E-state index in [1.54, 1.807) is 31.2 Å². The molecule has 0 radical (unpaired) electrons. The van der Waals surface area contributed by atoms with Crippen LogP contribution in [0.3, 0.4) is 0 Å². The van der Waals surface area contributed by atoms with Gasteiger partial charge in [0.2, 0.25) is 0 Å². The van der Waals surface area contributed by atoms with E-state index in [9.17, 15) is 4.79 Å². The quantitative estimate of drug-likeness (QED) is 0.381. The van der Waals surface area contributed by atoms with Gasteiger partial charge in [-0.25, -0.2) is 4.79 Å². The van der Waals surface area contributed by atoms with Gasteiger partial charge in [-0.15, -0.1) is 0 Å². The smallest absolute Gasteiger partial charge is 0.360 e. The second kappa shape index (κ2) is 10.8. The summed E-state index contributed by atoms with van der Waals surface area (Å²) in [6.07, 6.45) is 0. The van der Waals surface area contributed by atoms with Crippen LogP contribution in [0.5, 0.6) is 5.75 Å². The summed E-state index contributed by atoms with van der Waals surface area (Å²) in [5, 5.41) is 11.5. The highest BCUT2D eigenvalue weighted by Crippen LogP contribution is 2.20. The van der Waals surface area contributed by atoms with E-state index in [1.165, 1.54) is 28.4 Å². The summed E-state index contributed by atoms with van der Waals surface area (Å²) in [6, 6.07) is 6.71. The predicted molar refractivity (Wildman–Crippen MR) is 92.1 cm³/mol. The van der Waals surface area contributed by atoms with Crippen LogP contribution in [-0.4, -0.2) is 58.2 Å². The van der Waals surface area contributed by atoms with Crippen LogP contribution in [0.15, 0.2) is 39.7 Å². The largest absolute Gasteiger partial charge is 0.464 e. The Morgan fingerprint density at radius 3 is 2.28 bits per heavy atom. The Morgan fingerprint density at radius 2 is 1.68 bits per heavy atom. The molecule has 0 aliphatic carbocycles. The monoisotopic (exact) mass is 351 g/mol. The van der Waals surface area contributed by atoms with Gasteiger partial charge in [-0.1, -0.05) is 27.6 Å². The van der Waals surface area contributed by atoms with E-state index in [-0.39, 0.29) is 18.1 Å². The molecule has 0 aromatic heterocycles. The van der Waals surface area contributed by atoms with Crippen LogP contribution in [0.4, 0.5) is 0 Å². The Labute approximate surface area is 145 Å². The molecule has 0 fully saturated rings. The van der Waals surface area contributed by atoms with E-state index >= 15 is 0 Å². The maximum absolute atomic E-state index is 11.9. The molecule has 9 heteroatoms. The van der Waals surface area contributed by atoms with E-state index in [0.29, 0.717) is 17.0 Å². The lowest BCUT2D eigenvalue weighted by atomic mass is 10.1. The van der Waals surface area contributed by atoms with Gasteiger partial charge in [-0.3, -0.25) is 0 Å². The van der Waals surface area contributed by atoms with Crippen molar-refractivity contribution in [1.29, 1.82) is 0 Å². The summed E-state index contributed by atoms with van der Waals surface area (Å²) in [7, 11) is 5.52. The molecule has 0 amide bonds. The first-order valence-corrected chi connectivity index (χ1v) is 7.18. The predicted octanol–water partition coefficient (Wildman–Crippen LogP) is 1.61. The lowest BCUT2D eigenvalue weighted by molar-refractivity contribution is -0.132. The Bertz CT molecular complexity index is 670. The van der Waals surface area contributed by atoms with E-state index in [4.69, 9.17) is 24.0 Å². The van der Waals surface area contributed by atoms with Crippen molar-refractivity contribution >= 4 is 23.1 Å². The molecule has 0 aliphatic heterocycles. The van der Waals surface area contributed by atoms with E-state index < -0.39 is 5.97 Å². The van der Waals surface area contributed by atoms with Gasteiger partial charge in [0.15, 0.2) is 11.5 Å². The van der Waals surface area contributed by atoms with Gasteiger partial charge in [0.05, 0.1) is 19.3 Å². The van der Waals surface area contributed by atoms with Crippen LogP contribution in [0.1, 0.15) is 12.5 Å². The minimum Gasteiger partial charge on any atom is -0.464 e. The van der Waals surface area contributed by atoms with Gasteiger partial charge in [0.1, 0.15) is 25.6 Å². The summed E-state index contributed by atoms with van der Waals surface area (Å²) in [6.45, 7) is 1.89. The number of rotatable bonds is 9. The molecule has 1 aromatic rings. The third-order valence-corrected chi connectivity index (χ3v) is 2.88. The van der Waals surface area contributed by atoms with E-state index in [0.717, 1.165) is 0 Å². The first kappa shape index (κ1) is 20.1. The lowest BCUT2D eigenvalue weighted by Gasteiger charge is -2.09. The Hall–Kier alpha value is -2.94. The van der Waals surface area contributed by atoms with E-state index in [2.05, 4.69) is 15.5 Å². The van der Waals surface area contributed by atoms with Crippen molar-refractivity contribution in [2.45, 2.75) is 6.92 Å². The number of carbonyl (C=O) groups is 1. The van der Waals surface area contributed by atoms with Crippen molar-refractivity contribution in [3.8, 4) is 5.75 Å². The molecular formula is C16H21N3O6. The number of nitrogens with zero attached hydrogens (tertiary/aromatic N) is 3. The SMILES string of the molecule is COCC(=N\OC)/C(C)=N/Oc1ccccc1/C(=N\OC)C(=O)OC. The lowest BCUT2D eigenvalue weighted by Crippen LogP contribution is -2.20. The normalized spacial score (nSPS) is 12.6. The molecule has 0 atom stereocenters. The third kappa shape index (κ3) is 5.88. The van der Waals surface area contributed by atoms with Crippen molar-refractivity contribution in [3.63, 3.8) is 0 Å². The molecular weight excluding hydrogens is 330 g/mol. The van der Waals surface area contributed by atoms with Crippen molar-refractivity contribution in [2.24, 2.45) is 15.5 Å². The average Bonchev–Trinajstić information content (AvgIpc) is 2.63. The summed E-state index contributed by atoms with van der Waals surface area (Å²) in [4.78, 5) is 26.8. The number of carbonyl (C=O) groups excluding carboxylic acids is 1. The van der Waals surface area contributed by atoms with Gasteiger partial charge in [0.25, 0.3) is 0 Å². The highest BCUT2D eigenvalue weighted by molar-refractivity contribution is 6.44. The molecule has 1 rings (SSSR count). The van der Waals surface area contributed by atoms with Crippen molar-refractivity contribution in [3.05, 3.63) is 29.8 Å². The second-order valence-corrected chi connectivity index (χ2v) is 4.53. The molecule has 0 saturated carbocycles. The summed E-state index contributed by atoms with van der Waals surface area (Å²) < 4.78 is 9.73. The van der Waals surface area contributed by atoms with Crippen LogP contribution in [0.2, 0.25) is 0 Å².